The van der Waals surface area contributed by atoms with Crippen molar-refractivity contribution in [2.45, 2.75) is 69.2 Å². The van der Waals surface area contributed by atoms with E-state index in [1.807, 2.05) is 0 Å². The zero-order chi connectivity index (χ0) is 14.1. The van der Waals surface area contributed by atoms with E-state index in [1.165, 1.54) is 11.1 Å². The maximum Gasteiger partial charge on any atom is -0.0132 e. The third kappa shape index (κ3) is 5.57. The Hall–Kier alpha value is -0.520. The van der Waals surface area contributed by atoms with Crippen LogP contribution in [-0.2, 0) is 0 Å². The average molecular weight is 236 g/mol. The molecule has 0 atom stereocenters. The van der Waals surface area contributed by atoms with Crippen LogP contribution in [0.25, 0.3) is 0 Å². The average Bonchev–Trinajstić information content (AvgIpc) is 1.96. The summed E-state index contributed by atoms with van der Waals surface area (Å²) in [5, 5.41) is 0. The summed E-state index contributed by atoms with van der Waals surface area (Å²) in [6.45, 7) is 22.8. The van der Waals surface area contributed by atoms with Crippen LogP contribution in [0.15, 0.2) is 23.3 Å². The SMILES string of the molecule is CC=C(C(=CC(C)(C)C)C(C)(C)C)C(C)(C)C. The van der Waals surface area contributed by atoms with Gasteiger partial charge in [0.05, 0.1) is 0 Å². The van der Waals surface area contributed by atoms with E-state index in [4.69, 9.17) is 0 Å². The lowest BCUT2D eigenvalue weighted by Crippen LogP contribution is -2.22. The largest absolute Gasteiger partial charge is 0.0836 e. The van der Waals surface area contributed by atoms with Crippen molar-refractivity contribution in [1.82, 2.24) is 0 Å². The molecule has 0 bridgehead atoms. The zero-order valence-electron chi connectivity index (χ0n) is 13.7. The van der Waals surface area contributed by atoms with E-state index >= 15 is 0 Å². The summed E-state index contributed by atoms with van der Waals surface area (Å²) < 4.78 is 0. The van der Waals surface area contributed by atoms with Crippen LogP contribution in [0.4, 0.5) is 0 Å². The van der Waals surface area contributed by atoms with E-state index in [0.29, 0.717) is 0 Å². The Bertz CT molecular complexity index is 305. The van der Waals surface area contributed by atoms with Gasteiger partial charge in [-0.25, -0.2) is 0 Å². The third-order valence-corrected chi connectivity index (χ3v) is 2.77. The minimum atomic E-state index is 0.197. The van der Waals surface area contributed by atoms with Crippen molar-refractivity contribution < 1.29 is 0 Å². The second kappa shape index (κ2) is 5.00. The van der Waals surface area contributed by atoms with Crippen LogP contribution in [0.5, 0.6) is 0 Å². The van der Waals surface area contributed by atoms with Crippen molar-refractivity contribution in [3.8, 4) is 0 Å². The highest BCUT2D eigenvalue weighted by molar-refractivity contribution is 5.39. The highest BCUT2D eigenvalue weighted by Crippen LogP contribution is 2.42. The number of hydrogen-bond acceptors (Lipinski definition) is 0. The molecule has 0 aromatic heterocycles. The van der Waals surface area contributed by atoms with Crippen LogP contribution in [0.1, 0.15) is 69.2 Å². The fourth-order valence-corrected chi connectivity index (χ4v) is 2.12. The lowest BCUT2D eigenvalue weighted by molar-refractivity contribution is 0.430. The molecule has 0 heterocycles. The predicted molar refractivity (Wildman–Crippen MR) is 80.2 cm³/mol. The molecule has 17 heavy (non-hydrogen) atoms. The van der Waals surface area contributed by atoms with Crippen LogP contribution in [0, 0.1) is 16.2 Å². The molecule has 100 valence electrons. The minimum Gasteiger partial charge on any atom is -0.0836 e. The van der Waals surface area contributed by atoms with Crippen LogP contribution < -0.4 is 0 Å². The lowest BCUT2D eigenvalue weighted by Gasteiger charge is -2.35. The summed E-state index contributed by atoms with van der Waals surface area (Å²) in [6, 6.07) is 0. The van der Waals surface area contributed by atoms with Crippen LogP contribution in [-0.4, -0.2) is 0 Å². The van der Waals surface area contributed by atoms with Crippen molar-refractivity contribution in [1.29, 1.82) is 0 Å². The van der Waals surface area contributed by atoms with Gasteiger partial charge in [0, 0.05) is 0 Å². The summed E-state index contributed by atoms with van der Waals surface area (Å²) in [6.07, 6.45) is 4.72. The lowest BCUT2D eigenvalue weighted by atomic mass is 9.70. The quantitative estimate of drug-likeness (QED) is 0.490. The molecule has 0 aromatic rings. The Morgan fingerprint density at radius 3 is 1.18 bits per heavy atom. The second-order valence-electron chi connectivity index (χ2n) is 8.13. The molecule has 0 saturated carbocycles. The normalized spacial score (nSPS) is 16.4. The van der Waals surface area contributed by atoms with Crippen molar-refractivity contribution in [2.24, 2.45) is 16.2 Å². The van der Waals surface area contributed by atoms with Gasteiger partial charge in [0.25, 0.3) is 0 Å². The zero-order valence-corrected chi connectivity index (χ0v) is 13.7. The Morgan fingerprint density at radius 1 is 0.647 bits per heavy atom. The number of hydrogen-bond donors (Lipinski definition) is 0. The summed E-state index contributed by atoms with van der Waals surface area (Å²) in [5.41, 5.74) is 3.59. The summed E-state index contributed by atoms with van der Waals surface area (Å²) >= 11 is 0. The molecule has 0 nitrogen and oxygen atoms in total. The van der Waals surface area contributed by atoms with Gasteiger partial charge in [-0.15, -0.1) is 0 Å². The van der Waals surface area contributed by atoms with E-state index in [2.05, 4.69) is 81.4 Å². The highest BCUT2D eigenvalue weighted by Gasteiger charge is 2.28. The molecule has 0 fully saturated rings. The van der Waals surface area contributed by atoms with E-state index in [1.54, 1.807) is 0 Å². The fraction of sp³-hybridized carbons (Fsp3) is 0.765. The van der Waals surface area contributed by atoms with Crippen molar-refractivity contribution in [3.63, 3.8) is 0 Å². The maximum absolute atomic E-state index is 2.44. The first-order chi connectivity index (χ1) is 7.29. The monoisotopic (exact) mass is 236 g/mol. The van der Waals surface area contributed by atoms with Gasteiger partial charge in [0.1, 0.15) is 0 Å². The molecule has 0 unspecified atom stereocenters. The standard InChI is InChI=1S/C17H32/c1-11-13(16(5,6)7)14(17(8,9)10)12-15(2,3)4/h11-12H,1-10H3. The van der Waals surface area contributed by atoms with Crippen LogP contribution in [0.3, 0.4) is 0 Å². The van der Waals surface area contributed by atoms with Gasteiger partial charge in [-0.1, -0.05) is 74.5 Å². The molecule has 0 N–H and O–H groups in total. The summed E-state index contributed by atoms with van der Waals surface area (Å²) in [7, 11) is 0. The molecular weight excluding hydrogens is 204 g/mol. The second-order valence-corrected chi connectivity index (χ2v) is 8.13. The van der Waals surface area contributed by atoms with Crippen molar-refractivity contribution in [3.05, 3.63) is 23.3 Å². The molecular formula is C17H32. The highest BCUT2D eigenvalue weighted by atomic mass is 14.3. The Kier molecular flexibility index (Phi) is 4.85. The van der Waals surface area contributed by atoms with Gasteiger partial charge < -0.3 is 0 Å². The number of allylic oxidation sites excluding steroid dienone is 4. The van der Waals surface area contributed by atoms with Crippen molar-refractivity contribution in [2.75, 3.05) is 0 Å². The summed E-state index contributed by atoms with van der Waals surface area (Å²) in [5.74, 6) is 0. The van der Waals surface area contributed by atoms with Gasteiger partial charge in [0.15, 0.2) is 0 Å². The predicted octanol–water partition coefficient (Wildman–Crippen LogP) is 6.00. The smallest absolute Gasteiger partial charge is 0.0132 e. The van der Waals surface area contributed by atoms with Gasteiger partial charge in [-0.05, 0) is 34.3 Å². The van der Waals surface area contributed by atoms with Gasteiger partial charge >= 0.3 is 0 Å². The van der Waals surface area contributed by atoms with Gasteiger partial charge in [-0.3, -0.25) is 0 Å². The Labute approximate surface area is 109 Å². The van der Waals surface area contributed by atoms with E-state index < -0.39 is 0 Å². The first-order valence-electron chi connectivity index (χ1n) is 6.69. The molecule has 0 saturated heterocycles. The molecule has 0 aliphatic carbocycles. The first-order valence-corrected chi connectivity index (χ1v) is 6.69. The third-order valence-electron chi connectivity index (χ3n) is 2.77. The Morgan fingerprint density at radius 2 is 1.00 bits per heavy atom. The molecule has 0 aliphatic rings. The Balaban J connectivity index is 5.76. The molecule has 0 amide bonds. The molecule has 0 spiro atoms. The molecule has 0 rings (SSSR count). The molecule has 0 aromatic carbocycles. The van der Waals surface area contributed by atoms with E-state index in [9.17, 15) is 0 Å². The molecule has 0 radical (unpaired) electrons. The molecule has 0 aliphatic heterocycles. The fourth-order valence-electron chi connectivity index (χ4n) is 2.12. The van der Waals surface area contributed by atoms with Crippen molar-refractivity contribution >= 4 is 0 Å². The summed E-state index contributed by atoms with van der Waals surface area (Å²) in [4.78, 5) is 0. The number of rotatable bonds is 1. The van der Waals surface area contributed by atoms with E-state index in [-0.39, 0.29) is 16.2 Å². The molecule has 0 heteroatoms. The van der Waals surface area contributed by atoms with E-state index in [0.717, 1.165) is 0 Å². The van der Waals surface area contributed by atoms with Crippen LogP contribution in [0.2, 0.25) is 0 Å². The van der Waals surface area contributed by atoms with Gasteiger partial charge in [-0.2, -0.15) is 0 Å². The van der Waals surface area contributed by atoms with Crippen LogP contribution >= 0.6 is 0 Å². The first kappa shape index (κ1) is 16.5. The maximum atomic E-state index is 2.44. The minimum absolute atomic E-state index is 0.197. The topological polar surface area (TPSA) is 0 Å². The van der Waals surface area contributed by atoms with Gasteiger partial charge in [0.2, 0.25) is 0 Å².